The lowest BCUT2D eigenvalue weighted by atomic mass is 10.2. The molecule has 1 nitrogen and oxygen atoms in total. The van der Waals surface area contributed by atoms with Gasteiger partial charge in [-0.3, -0.25) is 4.99 Å². The Morgan fingerprint density at radius 2 is 1.33 bits per heavy atom. The summed E-state index contributed by atoms with van der Waals surface area (Å²) in [5.74, 6) is 0. The molecule has 120 valence electrons. The van der Waals surface area contributed by atoms with Crippen LogP contribution in [-0.2, 0) is 0 Å². The highest BCUT2D eigenvalue weighted by Crippen LogP contribution is 2.29. The van der Waals surface area contributed by atoms with E-state index in [4.69, 9.17) is 34.8 Å². The first kappa shape index (κ1) is 17.4. The Balaban J connectivity index is 1.68. The van der Waals surface area contributed by atoms with Crippen LogP contribution in [0.1, 0.15) is 5.56 Å². The number of hydrogen-bond donors (Lipinski definition) is 0. The minimum Gasteiger partial charge on any atom is -0.256 e. The van der Waals surface area contributed by atoms with E-state index in [-0.39, 0.29) is 0 Å². The monoisotopic (exact) mass is 391 g/mol. The van der Waals surface area contributed by atoms with E-state index < -0.39 is 0 Å². The maximum atomic E-state index is 5.99. The molecule has 0 spiro atoms. The van der Waals surface area contributed by atoms with Crippen LogP contribution < -0.4 is 0 Å². The summed E-state index contributed by atoms with van der Waals surface area (Å²) in [6.45, 7) is 0. The van der Waals surface area contributed by atoms with Crippen LogP contribution in [0.4, 0.5) is 5.69 Å². The van der Waals surface area contributed by atoms with Crippen molar-refractivity contribution in [3.05, 3.63) is 87.4 Å². The zero-order valence-corrected chi connectivity index (χ0v) is 15.5. The highest BCUT2D eigenvalue weighted by molar-refractivity contribution is 7.99. The van der Waals surface area contributed by atoms with Crippen LogP contribution in [0.25, 0.3) is 0 Å². The molecule has 0 fully saturated rings. The second-order valence-corrected chi connectivity index (χ2v) is 7.38. The Hall–Kier alpha value is -1.45. The second-order valence-electron chi connectivity index (χ2n) is 4.98. The summed E-state index contributed by atoms with van der Waals surface area (Å²) in [7, 11) is 0. The van der Waals surface area contributed by atoms with Gasteiger partial charge in [0, 0.05) is 21.0 Å². The van der Waals surface area contributed by atoms with Gasteiger partial charge in [0.2, 0.25) is 0 Å². The first-order chi connectivity index (χ1) is 11.6. The summed E-state index contributed by atoms with van der Waals surface area (Å²) in [6.07, 6.45) is 1.80. The van der Waals surface area contributed by atoms with Crippen molar-refractivity contribution < 1.29 is 0 Å². The molecule has 0 radical (unpaired) electrons. The molecule has 0 saturated heterocycles. The molecule has 0 bridgehead atoms. The van der Waals surface area contributed by atoms with Gasteiger partial charge in [0.15, 0.2) is 0 Å². The average molecular weight is 393 g/mol. The lowest BCUT2D eigenvalue weighted by molar-refractivity contribution is 1.40. The lowest BCUT2D eigenvalue weighted by Gasteiger charge is -2.02. The number of nitrogens with zero attached hydrogens (tertiary/aromatic N) is 1. The predicted octanol–water partition coefficient (Wildman–Crippen LogP) is 7.55. The van der Waals surface area contributed by atoms with Gasteiger partial charge in [-0.2, -0.15) is 0 Å². The molecule has 0 aromatic heterocycles. The molecule has 0 saturated carbocycles. The smallest absolute Gasteiger partial charge is 0.0645 e. The van der Waals surface area contributed by atoms with Gasteiger partial charge >= 0.3 is 0 Å². The van der Waals surface area contributed by atoms with Crippen LogP contribution in [0.2, 0.25) is 15.1 Å². The predicted molar refractivity (Wildman–Crippen MR) is 106 cm³/mol. The quantitative estimate of drug-likeness (QED) is 0.417. The van der Waals surface area contributed by atoms with Gasteiger partial charge in [0.25, 0.3) is 0 Å². The molecule has 0 atom stereocenters. The number of halogens is 3. The molecule has 3 aromatic carbocycles. The molecule has 0 aliphatic rings. The summed E-state index contributed by atoms with van der Waals surface area (Å²) in [4.78, 5) is 6.72. The maximum absolute atomic E-state index is 5.99. The van der Waals surface area contributed by atoms with Gasteiger partial charge < -0.3 is 0 Å². The number of hydrogen-bond acceptors (Lipinski definition) is 2. The zero-order valence-electron chi connectivity index (χ0n) is 12.4. The van der Waals surface area contributed by atoms with Gasteiger partial charge in [-0.05, 0) is 60.2 Å². The standard InChI is InChI=1S/C19H12Cl3NS/c20-14-3-8-17(9-4-14)24-16-6-1-13(2-7-16)12-23-15-5-10-18(21)19(22)11-15/h1-12H. The lowest BCUT2D eigenvalue weighted by Crippen LogP contribution is -1.81. The van der Waals surface area contributed by atoms with Gasteiger partial charge in [0.1, 0.15) is 0 Å². The Bertz CT molecular complexity index is 859. The van der Waals surface area contributed by atoms with Gasteiger partial charge in [-0.1, -0.05) is 58.7 Å². The summed E-state index contributed by atoms with van der Waals surface area (Å²) in [6, 6.07) is 21.3. The van der Waals surface area contributed by atoms with Crippen molar-refractivity contribution >= 4 is 58.5 Å². The first-order valence-electron chi connectivity index (χ1n) is 7.13. The van der Waals surface area contributed by atoms with E-state index in [1.54, 1.807) is 30.1 Å². The minimum atomic E-state index is 0.501. The highest BCUT2D eigenvalue weighted by atomic mass is 35.5. The van der Waals surface area contributed by atoms with Crippen molar-refractivity contribution in [3.8, 4) is 0 Å². The fourth-order valence-corrected chi connectivity index (χ4v) is 3.21. The van der Waals surface area contributed by atoms with Gasteiger partial charge in [0.05, 0.1) is 15.7 Å². The Morgan fingerprint density at radius 1 is 0.708 bits per heavy atom. The third-order valence-electron chi connectivity index (χ3n) is 3.20. The van der Waals surface area contributed by atoms with Crippen LogP contribution in [0.3, 0.4) is 0 Å². The van der Waals surface area contributed by atoms with E-state index in [1.165, 1.54) is 0 Å². The van der Waals surface area contributed by atoms with Crippen molar-refractivity contribution in [2.75, 3.05) is 0 Å². The topological polar surface area (TPSA) is 12.4 Å². The van der Waals surface area contributed by atoms with E-state index in [0.29, 0.717) is 10.0 Å². The van der Waals surface area contributed by atoms with Crippen molar-refractivity contribution in [3.63, 3.8) is 0 Å². The average Bonchev–Trinajstić information content (AvgIpc) is 2.59. The fraction of sp³-hybridized carbons (Fsp3) is 0. The zero-order chi connectivity index (χ0) is 16.9. The molecule has 24 heavy (non-hydrogen) atoms. The molecule has 0 heterocycles. The van der Waals surface area contributed by atoms with Crippen molar-refractivity contribution in [1.82, 2.24) is 0 Å². The van der Waals surface area contributed by atoms with Crippen LogP contribution in [0, 0.1) is 0 Å². The van der Waals surface area contributed by atoms with E-state index in [1.807, 2.05) is 42.5 Å². The van der Waals surface area contributed by atoms with Crippen LogP contribution in [0.5, 0.6) is 0 Å². The number of benzene rings is 3. The molecular weight excluding hydrogens is 381 g/mol. The Kier molecular flexibility index (Phi) is 5.85. The summed E-state index contributed by atoms with van der Waals surface area (Å²) < 4.78 is 0. The molecule has 0 aliphatic carbocycles. The summed E-state index contributed by atoms with van der Waals surface area (Å²) in [5, 5.41) is 1.77. The molecule has 0 N–H and O–H groups in total. The third kappa shape index (κ3) is 4.78. The van der Waals surface area contributed by atoms with E-state index >= 15 is 0 Å². The molecular formula is C19H12Cl3NS. The van der Waals surface area contributed by atoms with E-state index in [0.717, 1.165) is 26.1 Å². The van der Waals surface area contributed by atoms with Crippen molar-refractivity contribution in [2.24, 2.45) is 4.99 Å². The van der Waals surface area contributed by atoms with Gasteiger partial charge in [-0.25, -0.2) is 0 Å². The molecule has 3 aromatic rings. The Labute approximate surface area is 160 Å². The minimum absolute atomic E-state index is 0.501. The maximum Gasteiger partial charge on any atom is 0.0645 e. The molecule has 0 amide bonds. The SMILES string of the molecule is Clc1ccc(Sc2ccc(C=Nc3ccc(Cl)c(Cl)c3)cc2)cc1. The number of aliphatic imine (C=N–C) groups is 1. The van der Waals surface area contributed by atoms with E-state index in [2.05, 4.69) is 17.1 Å². The first-order valence-corrected chi connectivity index (χ1v) is 9.08. The number of rotatable bonds is 4. The molecule has 0 unspecified atom stereocenters. The Morgan fingerprint density at radius 3 is 1.96 bits per heavy atom. The highest BCUT2D eigenvalue weighted by Gasteiger charge is 1.99. The molecule has 3 rings (SSSR count). The third-order valence-corrected chi connectivity index (χ3v) is 5.20. The van der Waals surface area contributed by atoms with Gasteiger partial charge in [-0.15, -0.1) is 0 Å². The molecule has 5 heteroatoms. The van der Waals surface area contributed by atoms with Crippen molar-refractivity contribution in [2.45, 2.75) is 9.79 Å². The summed E-state index contributed by atoms with van der Waals surface area (Å²) >= 11 is 19.5. The van der Waals surface area contributed by atoms with Crippen molar-refractivity contribution in [1.29, 1.82) is 0 Å². The van der Waals surface area contributed by atoms with Crippen LogP contribution in [0.15, 0.2) is 81.5 Å². The normalized spacial score (nSPS) is 11.1. The largest absolute Gasteiger partial charge is 0.256 e. The van der Waals surface area contributed by atoms with Crippen LogP contribution >= 0.6 is 46.6 Å². The fourth-order valence-electron chi connectivity index (χ4n) is 1.98. The summed E-state index contributed by atoms with van der Waals surface area (Å²) in [5.41, 5.74) is 1.78. The van der Waals surface area contributed by atoms with Crippen LogP contribution in [-0.4, -0.2) is 6.21 Å². The second kappa shape index (κ2) is 8.09. The van der Waals surface area contributed by atoms with E-state index in [9.17, 15) is 0 Å². The molecule has 0 aliphatic heterocycles.